The van der Waals surface area contributed by atoms with Crippen molar-refractivity contribution < 1.29 is 52.4 Å². The average molecular weight is 453 g/mol. The normalized spacial score (nSPS) is 46.8. The first-order chi connectivity index (χ1) is 13.0. The minimum absolute atomic E-state index is 0. The molecule has 5 nitrogen and oxygen atoms in total. The Hall–Kier alpha value is 0.890. The smallest absolute Gasteiger partial charge is 0.739 e. The molecule has 0 aliphatic heterocycles. The molecule has 8 heteroatoms. The molecule has 0 spiro atoms. The molecule has 8 atom stereocenters. The monoisotopic (exact) mass is 452 g/mol. The third-order valence-corrected chi connectivity index (χ3v) is 11.3. The zero-order chi connectivity index (χ0) is 20.3. The Balaban J connectivity index is 0.00000240. The van der Waals surface area contributed by atoms with E-state index in [0.29, 0.717) is 29.1 Å². The van der Waals surface area contributed by atoms with Crippen molar-refractivity contribution in [2.45, 2.75) is 77.7 Å². The van der Waals surface area contributed by atoms with Gasteiger partial charge in [0.15, 0.2) is 0 Å². The van der Waals surface area contributed by atoms with E-state index in [1.165, 1.54) is 12.8 Å². The first-order valence-corrected chi connectivity index (χ1v) is 13.8. The second kappa shape index (κ2) is 8.68. The number of hydrogen-bond donors (Lipinski definition) is 1. The molecule has 4 saturated carbocycles. The van der Waals surface area contributed by atoms with Gasteiger partial charge in [-0.15, -0.1) is 0 Å². The molecule has 0 bridgehead atoms. The predicted octanol–water partition coefficient (Wildman–Crippen LogP) is 0.773. The standard InChI is InChI=1S/C21H34O5S2.Na/c1-20-9-7-14(22)11-13(20)3-4-15-16-5-6-18(19(23)12-27-28(24,25)26)21(16,2)10-8-17(15)20;/h13-18,22H,3-12H2,1-2H3,(H,24,25,26);/q;+1/p-1/t13-,14-,15+,16+,17+,18-,20+,21+;/m1./s1. The third kappa shape index (κ3) is 4.40. The number of carbonyl (C=O) groups is 1. The van der Waals surface area contributed by atoms with E-state index in [-0.39, 0.29) is 69.3 Å². The molecule has 4 rings (SSSR count). The minimum Gasteiger partial charge on any atom is -0.739 e. The van der Waals surface area contributed by atoms with Gasteiger partial charge in [0, 0.05) is 5.92 Å². The maximum Gasteiger partial charge on any atom is 1.00 e. The maximum absolute atomic E-state index is 12.8. The topological polar surface area (TPSA) is 94.5 Å². The molecule has 0 radical (unpaired) electrons. The van der Waals surface area contributed by atoms with E-state index in [1.54, 1.807) is 0 Å². The zero-order valence-electron chi connectivity index (χ0n) is 17.9. The average Bonchev–Trinajstić information content (AvgIpc) is 2.97. The minimum atomic E-state index is -4.42. The van der Waals surface area contributed by atoms with E-state index in [2.05, 4.69) is 13.8 Å². The summed E-state index contributed by atoms with van der Waals surface area (Å²) in [5.74, 6) is 2.12. The summed E-state index contributed by atoms with van der Waals surface area (Å²) >= 11 is 0. The van der Waals surface area contributed by atoms with Crippen molar-refractivity contribution >= 4 is 25.7 Å². The summed E-state index contributed by atoms with van der Waals surface area (Å²) in [4.78, 5) is 12.8. The van der Waals surface area contributed by atoms with Crippen molar-refractivity contribution in [1.82, 2.24) is 0 Å². The second-order valence-electron chi connectivity index (χ2n) is 10.4. The summed E-state index contributed by atoms with van der Waals surface area (Å²) in [7, 11) is -4.17. The Bertz CT molecular complexity index is 743. The molecule has 0 aromatic heterocycles. The number of ketones is 1. The van der Waals surface area contributed by atoms with Crippen LogP contribution in [0.2, 0.25) is 0 Å². The Morgan fingerprint density at radius 2 is 1.69 bits per heavy atom. The van der Waals surface area contributed by atoms with Crippen LogP contribution >= 0.6 is 10.8 Å². The number of carbonyl (C=O) groups excluding carboxylic acids is 1. The third-order valence-electron chi connectivity index (χ3n) is 9.37. The second-order valence-corrected chi connectivity index (χ2v) is 13.7. The molecular weight excluding hydrogens is 419 g/mol. The molecule has 29 heavy (non-hydrogen) atoms. The van der Waals surface area contributed by atoms with E-state index in [9.17, 15) is 22.9 Å². The van der Waals surface area contributed by atoms with Gasteiger partial charge in [-0.1, -0.05) is 13.8 Å². The molecule has 0 aromatic rings. The van der Waals surface area contributed by atoms with Crippen LogP contribution < -0.4 is 29.6 Å². The predicted molar refractivity (Wildman–Crippen MR) is 108 cm³/mol. The van der Waals surface area contributed by atoms with Crippen LogP contribution in [0.4, 0.5) is 0 Å². The van der Waals surface area contributed by atoms with Gasteiger partial charge in [-0.3, -0.25) is 4.79 Å². The van der Waals surface area contributed by atoms with Gasteiger partial charge in [-0.05, 0) is 103 Å². The molecule has 160 valence electrons. The summed E-state index contributed by atoms with van der Waals surface area (Å²) in [6.07, 6.45) is 9.27. The molecule has 0 saturated heterocycles. The van der Waals surface area contributed by atoms with Crippen LogP contribution in [0.25, 0.3) is 0 Å². The fraction of sp³-hybridized carbons (Fsp3) is 0.952. The van der Waals surface area contributed by atoms with Gasteiger partial charge in [0.05, 0.1) is 11.9 Å². The molecule has 4 fully saturated rings. The Morgan fingerprint density at radius 1 is 1.03 bits per heavy atom. The summed E-state index contributed by atoms with van der Waals surface area (Å²) in [6.45, 7) is 4.70. The summed E-state index contributed by atoms with van der Waals surface area (Å²) in [6, 6.07) is 0. The van der Waals surface area contributed by atoms with Crippen molar-refractivity contribution in [1.29, 1.82) is 0 Å². The molecule has 0 heterocycles. The molecule has 1 N–H and O–H groups in total. The van der Waals surface area contributed by atoms with E-state index in [1.807, 2.05) is 0 Å². The molecule has 0 unspecified atom stereocenters. The van der Waals surface area contributed by atoms with E-state index >= 15 is 0 Å². The summed E-state index contributed by atoms with van der Waals surface area (Å²) in [5.41, 5.74) is 0.265. The fourth-order valence-corrected chi connectivity index (χ4v) is 9.24. The number of rotatable bonds is 4. The van der Waals surface area contributed by atoms with Gasteiger partial charge in [-0.25, -0.2) is 8.42 Å². The van der Waals surface area contributed by atoms with Crippen LogP contribution in [-0.4, -0.2) is 35.7 Å². The number of aliphatic hydroxyl groups is 1. The quantitative estimate of drug-likeness (QED) is 0.385. The van der Waals surface area contributed by atoms with Crippen molar-refractivity contribution in [3.63, 3.8) is 0 Å². The van der Waals surface area contributed by atoms with Crippen LogP contribution in [0.15, 0.2) is 0 Å². The molecule has 0 aromatic carbocycles. The van der Waals surface area contributed by atoms with Crippen LogP contribution in [0.5, 0.6) is 0 Å². The van der Waals surface area contributed by atoms with Gasteiger partial charge in [0.25, 0.3) is 0 Å². The molecule has 4 aliphatic rings. The van der Waals surface area contributed by atoms with Crippen molar-refractivity contribution in [2.75, 3.05) is 5.75 Å². The first-order valence-electron chi connectivity index (χ1n) is 10.9. The first kappa shape index (κ1) is 24.5. The van der Waals surface area contributed by atoms with E-state index < -0.39 is 9.15 Å². The number of aliphatic hydroxyl groups excluding tert-OH is 1. The van der Waals surface area contributed by atoms with Gasteiger partial charge in [0.1, 0.15) is 14.9 Å². The summed E-state index contributed by atoms with van der Waals surface area (Å²) in [5, 5.41) is 10.1. The number of fused-ring (bicyclic) bond motifs is 5. The van der Waals surface area contributed by atoms with Crippen molar-refractivity contribution in [3.05, 3.63) is 0 Å². The maximum atomic E-state index is 12.8. The van der Waals surface area contributed by atoms with Gasteiger partial charge in [0.2, 0.25) is 0 Å². The molecule has 0 amide bonds. The van der Waals surface area contributed by atoms with Gasteiger partial charge in [-0.2, -0.15) is 0 Å². The number of Topliss-reactive ketones (excluding diaryl/α,β-unsaturated/α-hetero) is 1. The molecule has 4 aliphatic carbocycles. The van der Waals surface area contributed by atoms with Crippen molar-refractivity contribution in [3.8, 4) is 0 Å². The number of hydrogen-bond acceptors (Lipinski definition) is 6. The SMILES string of the molecule is C[C@]12CC[C@@H](O)C[C@H]1CC[C@@H]1[C@@H]2CC[C@]2(C)[C@@H](C(=O)CSS(=O)(=O)[O-])CC[C@@H]12.[Na+]. The Labute approximate surface area is 201 Å². The van der Waals surface area contributed by atoms with E-state index in [4.69, 9.17) is 0 Å². The largest absolute Gasteiger partial charge is 1.00 e. The zero-order valence-corrected chi connectivity index (χ0v) is 21.6. The van der Waals surface area contributed by atoms with Gasteiger partial charge >= 0.3 is 29.6 Å². The van der Waals surface area contributed by atoms with Crippen molar-refractivity contribution in [2.24, 2.45) is 40.4 Å². The van der Waals surface area contributed by atoms with Crippen LogP contribution in [0.1, 0.15) is 71.6 Å². The Morgan fingerprint density at radius 3 is 2.38 bits per heavy atom. The van der Waals surface area contributed by atoms with Crippen LogP contribution in [-0.2, 0) is 13.9 Å². The summed E-state index contributed by atoms with van der Waals surface area (Å²) < 4.78 is 32.8. The Kier molecular flexibility index (Phi) is 7.34. The van der Waals surface area contributed by atoms with Crippen LogP contribution in [0, 0.1) is 40.4 Å². The van der Waals surface area contributed by atoms with Crippen LogP contribution in [0.3, 0.4) is 0 Å². The fourth-order valence-electron chi connectivity index (χ4n) is 8.00. The van der Waals surface area contributed by atoms with E-state index in [0.717, 1.165) is 44.9 Å². The van der Waals surface area contributed by atoms with Gasteiger partial charge < -0.3 is 9.66 Å². The molecular formula is C21H33NaO5S2.